The van der Waals surface area contributed by atoms with Crippen molar-refractivity contribution in [1.82, 2.24) is 40.5 Å². The molecule has 2 saturated carbocycles. The lowest BCUT2D eigenvalue weighted by atomic mass is 10.0. The predicted octanol–water partition coefficient (Wildman–Crippen LogP) is 12.2. The number of aromatic amines is 2. The van der Waals surface area contributed by atoms with Crippen LogP contribution in [0.4, 0.5) is 41.9 Å². The summed E-state index contributed by atoms with van der Waals surface area (Å²) in [6, 6.07) is 9.33. The Bertz CT molecular complexity index is 3080. The average molecular weight is 1080 g/mol. The zero-order valence-electron chi connectivity index (χ0n) is 40.0. The summed E-state index contributed by atoms with van der Waals surface area (Å²) in [6.07, 6.45) is -1.02. The number of amides is 2. The number of benzene rings is 2. The topological polar surface area (TPSA) is 245 Å². The number of anilines is 1. The van der Waals surface area contributed by atoms with Gasteiger partial charge >= 0.3 is 24.5 Å². The molecule has 2 fully saturated rings. The van der Waals surface area contributed by atoms with Crippen LogP contribution in [0.25, 0.3) is 44.3 Å². The summed E-state index contributed by atoms with van der Waals surface area (Å²) in [6.45, 7) is 10.8. The maximum absolute atomic E-state index is 13.9. The van der Waals surface area contributed by atoms with Gasteiger partial charge in [-0.1, -0.05) is 35.3 Å². The quantitative estimate of drug-likeness (QED) is 0.0674. The number of aromatic nitrogens is 6. The third-order valence-electron chi connectivity index (χ3n) is 11.3. The van der Waals surface area contributed by atoms with Crippen molar-refractivity contribution in [2.45, 2.75) is 128 Å². The smallest absolute Gasteiger partial charge is 0.419 e. The van der Waals surface area contributed by atoms with Gasteiger partial charge in [0, 0.05) is 64.8 Å². The Labute approximate surface area is 429 Å². The van der Waals surface area contributed by atoms with Gasteiger partial charge in [-0.05, 0) is 104 Å². The summed E-state index contributed by atoms with van der Waals surface area (Å²) < 4.78 is 91.6. The van der Waals surface area contributed by atoms with Gasteiger partial charge in [-0.2, -0.15) is 36.9 Å². The number of fused-ring (bicyclic) bond motifs is 2. The number of nitrogens with zero attached hydrogens (tertiary/aromatic N) is 6. The van der Waals surface area contributed by atoms with E-state index in [1.165, 1.54) is 36.7 Å². The molecule has 0 spiro atoms. The first-order valence-corrected chi connectivity index (χ1v) is 23.7. The molecule has 4 atom stereocenters. The van der Waals surface area contributed by atoms with E-state index in [1.54, 1.807) is 20.8 Å². The van der Waals surface area contributed by atoms with E-state index in [9.17, 15) is 41.2 Å². The van der Waals surface area contributed by atoms with E-state index in [1.807, 2.05) is 32.9 Å². The summed E-state index contributed by atoms with van der Waals surface area (Å²) in [7, 11) is 0. The van der Waals surface area contributed by atoms with E-state index >= 15 is 0 Å². The van der Waals surface area contributed by atoms with Crippen molar-refractivity contribution in [1.29, 1.82) is 10.5 Å². The lowest BCUT2D eigenvalue weighted by molar-refractivity contribution is -0.138. The second-order valence-corrected chi connectivity index (χ2v) is 20.1. The second kappa shape index (κ2) is 22.3. The Morgan fingerprint density at radius 2 is 1.11 bits per heavy atom. The van der Waals surface area contributed by atoms with E-state index in [2.05, 4.69) is 45.9 Å². The lowest BCUT2D eigenvalue weighted by Crippen LogP contribution is -2.45. The van der Waals surface area contributed by atoms with Crippen molar-refractivity contribution < 1.29 is 45.4 Å². The molecular weight excluding hydrogens is 1030 g/mol. The average Bonchev–Trinajstić information content (AvgIpc) is 4.10. The minimum absolute atomic E-state index is 0.00465. The molecule has 0 radical (unpaired) electrons. The first-order valence-electron chi connectivity index (χ1n) is 22.5. The summed E-state index contributed by atoms with van der Waals surface area (Å²) in [5, 5.41) is 27.6. The number of alkyl carbamates (subject to hydrolysis) is 2. The van der Waals surface area contributed by atoms with Crippen LogP contribution in [0.5, 0.6) is 0 Å². The van der Waals surface area contributed by atoms with Gasteiger partial charge in [0.2, 0.25) is 11.2 Å². The normalized spacial score (nSPS) is 17.9. The van der Waals surface area contributed by atoms with Gasteiger partial charge in [0.25, 0.3) is 0 Å². The maximum atomic E-state index is 13.9. The van der Waals surface area contributed by atoms with Crippen LogP contribution in [0.1, 0.15) is 102 Å². The van der Waals surface area contributed by atoms with Crippen LogP contribution in [0.15, 0.2) is 49.1 Å². The number of hydrogen-bond donors (Lipinski definition) is 6. The zero-order valence-corrected chi connectivity index (χ0v) is 42.2. The highest BCUT2D eigenvalue weighted by atomic mass is 35.5. The van der Waals surface area contributed by atoms with Crippen LogP contribution < -0.4 is 21.7 Å². The van der Waals surface area contributed by atoms with Gasteiger partial charge in [-0.15, -0.1) is 0 Å². The van der Waals surface area contributed by atoms with Gasteiger partial charge in [-0.3, -0.25) is 0 Å². The van der Waals surface area contributed by atoms with Crippen LogP contribution in [0.3, 0.4) is 0 Å². The van der Waals surface area contributed by atoms with E-state index in [-0.39, 0.29) is 85.2 Å². The Morgan fingerprint density at radius 1 is 0.671 bits per heavy atom. The molecular formula is C48H49Cl3F6N12O4. The first-order chi connectivity index (χ1) is 34.1. The number of halogens is 9. The van der Waals surface area contributed by atoms with Crippen molar-refractivity contribution >= 4 is 74.7 Å². The van der Waals surface area contributed by atoms with Gasteiger partial charge in [0.1, 0.15) is 34.5 Å². The Morgan fingerprint density at radius 3 is 1.56 bits per heavy atom. The number of alkyl halides is 6. The molecule has 6 aromatic rings. The van der Waals surface area contributed by atoms with E-state index in [0.717, 1.165) is 31.9 Å². The summed E-state index contributed by atoms with van der Waals surface area (Å²) in [4.78, 5) is 44.5. The van der Waals surface area contributed by atoms with Crippen LogP contribution in [0.2, 0.25) is 15.3 Å². The largest absolute Gasteiger partial charge is 0.444 e. The number of carbonyl (C=O) groups excluding carboxylic acids is 2. The number of H-pyrrole nitrogens is 2. The summed E-state index contributed by atoms with van der Waals surface area (Å²) in [5.74, 6) is -0.00465. The fraction of sp³-hybridized carbons (Fsp3) is 0.417. The highest BCUT2D eigenvalue weighted by molar-refractivity contribution is 6.37. The minimum atomic E-state index is -4.71. The first kappa shape index (κ1) is 55.7. The molecule has 25 heteroatoms. The van der Waals surface area contributed by atoms with Crippen LogP contribution in [-0.4, -0.2) is 77.5 Å². The molecule has 73 heavy (non-hydrogen) atoms. The molecule has 0 bridgehead atoms. The van der Waals surface area contributed by atoms with Crippen molar-refractivity contribution in [2.75, 3.05) is 5.32 Å². The minimum Gasteiger partial charge on any atom is -0.444 e. The molecule has 2 aliphatic carbocycles. The van der Waals surface area contributed by atoms with Crippen LogP contribution >= 0.6 is 34.8 Å². The molecule has 0 unspecified atom stereocenters. The fourth-order valence-electron chi connectivity index (χ4n) is 8.09. The van der Waals surface area contributed by atoms with E-state index in [4.69, 9.17) is 55.3 Å². The van der Waals surface area contributed by atoms with Crippen LogP contribution in [0, 0.1) is 22.7 Å². The third-order valence-corrected chi connectivity index (χ3v) is 12.3. The molecule has 0 saturated heterocycles. The highest BCUT2D eigenvalue weighted by Crippen LogP contribution is 2.42. The monoisotopic (exact) mass is 1080 g/mol. The maximum Gasteiger partial charge on any atom is 0.419 e. The number of rotatable bonds is 6. The summed E-state index contributed by atoms with van der Waals surface area (Å²) >= 11 is 18.0. The fourth-order valence-corrected chi connectivity index (χ4v) is 8.74. The molecule has 2 amide bonds. The molecule has 2 aliphatic rings. The molecule has 2 aromatic carbocycles. The number of nitrogens with one attached hydrogen (secondary N) is 5. The number of nitriles is 2. The molecule has 4 aromatic heterocycles. The lowest BCUT2D eigenvalue weighted by Gasteiger charge is -2.25. The third kappa shape index (κ3) is 13.9. The predicted molar refractivity (Wildman–Crippen MR) is 263 cm³/mol. The van der Waals surface area contributed by atoms with Gasteiger partial charge < -0.3 is 41.1 Å². The standard InChI is InChI=1S/C24H24ClF3N6O2.C14H5Cl2F3N4.C10H20N2O2/c1-23(2,3)36-22(35)33-17-6-4-5-16(17)32-21-31-11-15(24(26,27)28)19(34-21)14-10-30-20-13(14)8-7-12(9-29)18(20)25;15-10-6(3-20)1-2-7-8(4-21-12(7)10)11-9(14(17,18)19)5-22-13(16)23-11;1-10(2,3)14-9(13)12-8-6-4-5-7(8)11/h7-8,10-11,16-17,30H,4-6H2,1-3H3,(H,33,35)(H,31,32,34);1-2,4-5,21H;7-8H,4-6,11H2,1-3H3,(H,12,13)/t16-,17-;;7-,8-/m0.0/s1. The Kier molecular flexibility index (Phi) is 17.0. The SMILES string of the molecule is CC(C)(C)OC(=O)N[C@H]1CCC[C@@H]1N.CC(C)(C)OC(=O)N[C@H]1CCC[C@@H]1Nc1ncc(C(F)(F)F)c(-c2c[nH]c3c(Cl)c(C#N)ccc23)n1.N#Cc1ccc2c(-c3nc(Cl)ncc3C(F)(F)F)c[nH]c2c1Cl. The summed E-state index contributed by atoms with van der Waals surface area (Å²) in [5.41, 5.74) is 3.45. The highest BCUT2D eigenvalue weighted by Gasteiger charge is 2.38. The molecule has 388 valence electrons. The van der Waals surface area contributed by atoms with E-state index in [0.29, 0.717) is 40.8 Å². The second-order valence-electron chi connectivity index (χ2n) is 19.0. The molecule has 16 nitrogen and oxygen atoms in total. The molecule has 4 heterocycles. The molecule has 8 rings (SSSR count). The van der Waals surface area contributed by atoms with Gasteiger partial charge in [0.05, 0.1) is 49.6 Å². The van der Waals surface area contributed by atoms with Crippen molar-refractivity contribution in [3.63, 3.8) is 0 Å². The number of carbonyl (C=O) groups is 2. The van der Waals surface area contributed by atoms with Crippen molar-refractivity contribution in [3.8, 4) is 34.7 Å². The van der Waals surface area contributed by atoms with Crippen molar-refractivity contribution in [2.24, 2.45) is 5.73 Å². The number of nitrogens with two attached hydrogens (primary N) is 1. The van der Waals surface area contributed by atoms with Crippen molar-refractivity contribution in [3.05, 3.63) is 86.6 Å². The molecule has 0 aliphatic heterocycles. The Hall–Kier alpha value is -6.59. The Balaban J connectivity index is 0.000000200. The van der Waals surface area contributed by atoms with Gasteiger partial charge in [0.15, 0.2) is 0 Å². The zero-order chi connectivity index (χ0) is 53.8. The number of hydrogen-bond acceptors (Lipinski definition) is 12. The van der Waals surface area contributed by atoms with Gasteiger partial charge in [-0.25, -0.2) is 29.5 Å². The van der Waals surface area contributed by atoms with E-state index < -0.39 is 40.8 Å². The van der Waals surface area contributed by atoms with Crippen LogP contribution in [-0.2, 0) is 21.8 Å². The molecule has 7 N–H and O–H groups in total. The number of ether oxygens (including phenoxy) is 2.